The van der Waals surface area contributed by atoms with E-state index in [1.54, 1.807) is 18.2 Å². The average molecular weight is 362 g/mol. The minimum Gasteiger partial charge on any atom is -0.454 e. The number of nitrogens with zero attached hydrogens (tertiary/aromatic N) is 2. The second kappa shape index (κ2) is 6.78. The van der Waals surface area contributed by atoms with Gasteiger partial charge in [0.05, 0.1) is 33.4 Å². The number of rotatable bonds is 4. The first-order valence-corrected chi connectivity index (χ1v) is 7.51. The van der Waals surface area contributed by atoms with Crippen LogP contribution < -0.4 is 14.9 Å². The number of nitrogens with one attached hydrogen (secondary N) is 1. The van der Waals surface area contributed by atoms with E-state index in [2.05, 4.69) is 10.5 Å². The summed E-state index contributed by atoms with van der Waals surface area (Å²) in [7, 11) is 0. The molecule has 0 saturated heterocycles. The normalized spacial score (nSPS) is 12.4. The van der Waals surface area contributed by atoms with Crippen molar-refractivity contribution in [2.75, 3.05) is 6.79 Å². The summed E-state index contributed by atoms with van der Waals surface area (Å²) in [6, 6.07) is 7.65. The number of nitro benzene ring substituents is 1. The molecule has 1 N–H and O–H groups in total. The van der Waals surface area contributed by atoms with Gasteiger partial charge in [-0.2, -0.15) is 5.10 Å². The maximum absolute atomic E-state index is 12.1. The summed E-state index contributed by atoms with van der Waals surface area (Å²) >= 11 is 6.02. The van der Waals surface area contributed by atoms with Crippen molar-refractivity contribution >= 4 is 29.4 Å². The summed E-state index contributed by atoms with van der Waals surface area (Å²) < 4.78 is 10.3. The molecule has 0 bridgehead atoms. The van der Waals surface area contributed by atoms with E-state index in [-0.39, 0.29) is 23.6 Å². The van der Waals surface area contributed by atoms with E-state index in [1.165, 1.54) is 18.3 Å². The van der Waals surface area contributed by atoms with Gasteiger partial charge in [-0.3, -0.25) is 14.9 Å². The molecule has 2 aromatic carbocycles. The Hall–Kier alpha value is -3.13. The Balaban J connectivity index is 1.80. The Morgan fingerprint density at radius 1 is 1.32 bits per heavy atom. The lowest BCUT2D eigenvalue weighted by molar-refractivity contribution is -0.385. The van der Waals surface area contributed by atoms with Crippen LogP contribution in [-0.2, 0) is 0 Å². The molecule has 2 aromatic rings. The monoisotopic (exact) mass is 361 g/mol. The number of hydrazone groups is 1. The van der Waals surface area contributed by atoms with Crippen LogP contribution in [-0.4, -0.2) is 23.8 Å². The van der Waals surface area contributed by atoms with E-state index in [9.17, 15) is 14.9 Å². The molecule has 0 fully saturated rings. The number of nitro groups is 1. The largest absolute Gasteiger partial charge is 0.454 e. The molecule has 1 aliphatic heterocycles. The van der Waals surface area contributed by atoms with E-state index in [1.807, 2.05) is 6.92 Å². The topological polar surface area (TPSA) is 103 Å². The number of amides is 1. The number of aryl methyl sites for hydroxylation is 1. The molecule has 1 amide bonds. The van der Waals surface area contributed by atoms with Crippen LogP contribution in [0.3, 0.4) is 0 Å². The number of carbonyl (C=O) groups excluding carboxylic acids is 1. The smallest absolute Gasteiger partial charge is 0.282 e. The van der Waals surface area contributed by atoms with E-state index >= 15 is 0 Å². The zero-order valence-electron chi connectivity index (χ0n) is 13.0. The molecule has 0 aliphatic carbocycles. The van der Waals surface area contributed by atoms with Crippen LogP contribution in [0.5, 0.6) is 11.5 Å². The van der Waals surface area contributed by atoms with Gasteiger partial charge in [-0.1, -0.05) is 17.7 Å². The van der Waals surface area contributed by atoms with Gasteiger partial charge in [0, 0.05) is 0 Å². The Morgan fingerprint density at radius 2 is 2.04 bits per heavy atom. The quantitative estimate of drug-likeness (QED) is 0.512. The minimum absolute atomic E-state index is 0.00422. The zero-order chi connectivity index (χ0) is 18.0. The third kappa shape index (κ3) is 3.53. The zero-order valence-corrected chi connectivity index (χ0v) is 13.7. The number of benzene rings is 2. The number of hydrogen-bond acceptors (Lipinski definition) is 6. The van der Waals surface area contributed by atoms with Gasteiger partial charge < -0.3 is 9.47 Å². The maximum Gasteiger partial charge on any atom is 0.282 e. The Labute approximate surface area is 147 Å². The first kappa shape index (κ1) is 16.7. The van der Waals surface area contributed by atoms with Crippen molar-refractivity contribution in [1.29, 1.82) is 0 Å². The van der Waals surface area contributed by atoms with Gasteiger partial charge in [0.1, 0.15) is 0 Å². The molecular formula is C16H12ClN3O5. The van der Waals surface area contributed by atoms with E-state index < -0.39 is 10.8 Å². The summed E-state index contributed by atoms with van der Waals surface area (Å²) in [4.78, 5) is 22.7. The van der Waals surface area contributed by atoms with Gasteiger partial charge in [0.15, 0.2) is 11.5 Å². The van der Waals surface area contributed by atoms with Crippen LogP contribution in [0.2, 0.25) is 5.02 Å². The molecule has 0 spiro atoms. The average Bonchev–Trinajstić information content (AvgIpc) is 3.01. The van der Waals surface area contributed by atoms with Crippen LogP contribution in [0.15, 0.2) is 35.4 Å². The van der Waals surface area contributed by atoms with Gasteiger partial charge in [-0.25, -0.2) is 5.43 Å². The summed E-state index contributed by atoms with van der Waals surface area (Å²) in [5.41, 5.74) is 3.42. The fourth-order valence-corrected chi connectivity index (χ4v) is 2.55. The Morgan fingerprint density at radius 3 is 2.72 bits per heavy atom. The van der Waals surface area contributed by atoms with E-state index in [0.29, 0.717) is 16.5 Å². The first-order valence-electron chi connectivity index (χ1n) is 7.13. The third-order valence-electron chi connectivity index (χ3n) is 3.46. The highest BCUT2D eigenvalue weighted by Gasteiger charge is 2.22. The molecule has 0 radical (unpaired) electrons. The molecule has 8 nitrogen and oxygen atoms in total. The second-order valence-electron chi connectivity index (χ2n) is 5.20. The van der Waals surface area contributed by atoms with Crippen LogP contribution in [0.1, 0.15) is 21.5 Å². The summed E-state index contributed by atoms with van der Waals surface area (Å²) in [6.07, 6.45) is 1.17. The molecule has 3 rings (SSSR count). The molecular weight excluding hydrogens is 350 g/mol. The SMILES string of the molecule is Cc1ccc(C(=O)N/N=C\c2cc3c(cc2[N+](=O)[O-])OCO3)c(Cl)c1. The number of hydrogen-bond donors (Lipinski definition) is 1. The first-order chi connectivity index (χ1) is 12.0. The highest BCUT2D eigenvalue weighted by molar-refractivity contribution is 6.33. The maximum atomic E-state index is 12.1. The molecule has 0 saturated carbocycles. The van der Waals surface area contributed by atoms with Crippen molar-refractivity contribution in [3.63, 3.8) is 0 Å². The van der Waals surface area contributed by atoms with Crippen LogP contribution in [0.25, 0.3) is 0 Å². The standard InChI is InChI=1S/C16H12ClN3O5/c1-9-2-3-11(12(17)4-9)16(21)19-18-7-10-5-14-15(25-8-24-14)6-13(10)20(22)23/h2-7H,8H2,1H3,(H,19,21)/b18-7-. The van der Waals surface area contributed by atoms with Crippen molar-refractivity contribution in [2.45, 2.75) is 6.92 Å². The summed E-state index contributed by atoms with van der Waals surface area (Å²) in [5, 5.41) is 15.2. The van der Waals surface area contributed by atoms with E-state index in [0.717, 1.165) is 5.56 Å². The number of carbonyl (C=O) groups is 1. The van der Waals surface area contributed by atoms with Crippen molar-refractivity contribution < 1.29 is 19.2 Å². The van der Waals surface area contributed by atoms with Crippen molar-refractivity contribution in [1.82, 2.24) is 5.43 Å². The molecule has 9 heteroatoms. The molecule has 1 aliphatic rings. The van der Waals surface area contributed by atoms with Gasteiger partial charge in [-0.05, 0) is 30.7 Å². The van der Waals surface area contributed by atoms with E-state index in [4.69, 9.17) is 21.1 Å². The number of halogens is 1. The number of fused-ring (bicyclic) bond motifs is 1. The minimum atomic E-state index is -0.567. The van der Waals surface area contributed by atoms with Gasteiger partial charge >= 0.3 is 0 Å². The predicted molar refractivity (Wildman–Crippen MR) is 90.5 cm³/mol. The number of ether oxygens (including phenoxy) is 2. The molecule has 0 aromatic heterocycles. The van der Waals surface area contributed by atoms with Gasteiger partial charge in [0.2, 0.25) is 6.79 Å². The van der Waals surface area contributed by atoms with Crippen molar-refractivity contribution in [3.8, 4) is 11.5 Å². The summed E-state index contributed by atoms with van der Waals surface area (Å²) in [5.74, 6) is 0.143. The fourth-order valence-electron chi connectivity index (χ4n) is 2.23. The highest BCUT2D eigenvalue weighted by atomic mass is 35.5. The Kier molecular flexibility index (Phi) is 4.53. The third-order valence-corrected chi connectivity index (χ3v) is 3.77. The van der Waals surface area contributed by atoms with Crippen LogP contribution in [0, 0.1) is 17.0 Å². The van der Waals surface area contributed by atoms with Gasteiger partial charge in [0.25, 0.3) is 11.6 Å². The molecule has 1 heterocycles. The summed E-state index contributed by atoms with van der Waals surface area (Å²) in [6.45, 7) is 1.85. The molecule has 25 heavy (non-hydrogen) atoms. The molecule has 0 unspecified atom stereocenters. The van der Waals surface area contributed by atoms with Crippen molar-refractivity contribution in [2.24, 2.45) is 5.10 Å². The molecule has 0 atom stereocenters. The van der Waals surface area contributed by atoms with Crippen LogP contribution >= 0.6 is 11.6 Å². The van der Waals surface area contributed by atoms with Gasteiger partial charge in [-0.15, -0.1) is 0 Å². The van der Waals surface area contributed by atoms with Crippen LogP contribution in [0.4, 0.5) is 5.69 Å². The predicted octanol–water partition coefficient (Wildman–Crippen LogP) is 3.05. The lowest BCUT2D eigenvalue weighted by Crippen LogP contribution is -2.18. The highest BCUT2D eigenvalue weighted by Crippen LogP contribution is 2.37. The lowest BCUT2D eigenvalue weighted by atomic mass is 10.1. The lowest BCUT2D eigenvalue weighted by Gasteiger charge is -2.04. The fraction of sp³-hybridized carbons (Fsp3) is 0.125. The molecule has 128 valence electrons. The Bertz CT molecular complexity index is 898. The second-order valence-corrected chi connectivity index (χ2v) is 5.61. The van der Waals surface area contributed by atoms with Crippen molar-refractivity contribution in [3.05, 3.63) is 62.2 Å².